The first-order chi connectivity index (χ1) is 11.9. The van der Waals surface area contributed by atoms with E-state index >= 15 is 0 Å². The van der Waals surface area contributed by atoms with E-state index in [0.717, 1.165) is 10.9 Å². The van der Waals surface area contributed by atoms with Crippen molar-refractivity contribution in [3.8, 4) is 0 Å². The molecule has 2 heterocycles. The fourth-order valence-electron chi connectivity index (χ4n) is 2.90. The molecule has 134 valence electrons. The van der Waals surface area contributed by atoms with Crippen LogP contribution in [0.1, 0.15) is 21.6 Å². The van der Waals surface area contributed by atoms with E-state index in [2.05, 4.69) is 5.10 Å². The van der Waals surface area contributed by atoms with Gasteiger partial charge in [0.25, 0.3) is 5.91 Å². The highest BCUT2D eigenvalue weighted by Gasteiger charge is 2.41. The third-order valence-electron chi connectivity index (χ3n) is 4.30. The molecule has 8 heteroatoms. The number of alkyl halides is 3. The Bertz CT molecular complexity index is 734. The van der Waals surface area contributed by atoms with Crippen LogP contribution in [0.2, 0.25) is 0 Å². The van der Waals surface area contributed by atoms with E-state index in [9.17, 15) is 18.0 Å². The second-order valence-corrected chi connectivity index (χ2v) is 6.14. The molecule has 1 fully saturated rings. The van der Waals surface area contributed by atoms with Gasteiger partial charge >= 0.3 is 6.18 Å². The smallest absolute Gasteiger partial charge is 0.336 e. The van der Waals surface area contributed by atoms with Crippen LogP contribution >= 0.6 is 0 Å². The van der Waals surface area contributed by atoms with E-state index in [1.165, 1.54) is 4.90 Å². The molecule has 0 spiro atoms. The van der Waals surface area contributed by atoms with E-state index < -0.39 is 17.8 Å². The van der Waals surface area contributed by atoms with Gasteiger partial charge in [-0.2, -0.15) is 18.3 Å². The fourth-order valence-corrected chi connectivity index (χ4v) is 2.90. The molecule has 0 atom stereocenters. The van der Waals surface area contributed by atoms with Crippen LogP contribution < -0.4 is 0 Å². The molecule has 5 nitrogen and oxygen atoms in total. The van der Waals surface area contributed by atoms with Gasteiger partial charge in [0, 0.05) is 26.2 Å². The van der Waals surface area contributed by atoms with E-state index in [1.54, 1.807) is 30.3 Å². The highest BCUT2D eigenvalue weighted by molar-refractivity contribution is 5.95. The molecule has 3 rings (SSSR count). The Morgan fingerprint density at radius 1 is 1.12 bits per heavy atom. The number of amides is 1. The molecule has 25 heavy (non-hydrogen) atoms. The predicted molar refractivity (Wildman–Crippen MR) is 86.2 cm³/mol. The van der Waals surface area contributed by atoms with Gasteiger partial charge in [0.2, 0.25) is 0 Å². The Balaban J connectivity index is 1.90. The number of halogens is 3. The molecule has 1 amide bonds. The standard InChI is InChI=1S/C17H19F3N4O/c1-22-7-9-23(10-8-22)16(25)14-11-21-24(15(14)17(18,19)20)12-13-5-3-2-4-6-13/h2-6,11H,7-10,12H2,1H3. The van der Waals surface area contributed by atoms with Crippen LogP contribution in [0.4, 0.5) is 13.2 Å². The van der Waals surface area contributed by atoms with Gasteiger partial charge in [0.05, 0.1) is 18.3 Å². The molecule has 1 aliphatic heterocycles. The van der Waals surface area contributed by atoms with Gasteiger partial charge in [-0.05, 0) is 12.6 Å². The number of piperazine rings is 1. The summed E-state index contributed by atoms with van der Waals surface area (Å²) in [6.07, 6.45) is -3.62. The predicted octanol–water partition coefficient (Wildman–Crippen LogP) is 2.34. The minimum atomic E-state index is -4.65. The molecule has 0 radical (unpaired) electrons. The Hall–Kier alpha value is -2.35. The summed E-state index contributed by atoms with van der Waals surface area (Å²) in [5, 5.41) is 3.85. The Labute approximate surface area is 143 Å². The molecule has 1 aromatic carbocycles. The van der Waals surface area contributed by atoms with Gasteiger partial charge in [0.15, 0.2) is 5.69 Å². The van der Waals surface area contributed by atoms with Crippen molar-refractivity contribution in [1.29, 1.82) is 0 Å². The average Bonchev–Trinajstić information content (AvgIpc) is 3.00. The van der Waals surface area contributed by atoms with Crippen molar-refractivity contribution in [2.75, 3.05) is 33.2 Å². The van der Waals surface area contributed by atoms with Gasteiger partial charge in [-0.25, -0.2) is 0 Å². The number of carbonyl (C=O) groups excluding carboxylic acids is 1. The van der Waals surface area contributed by atoms with Crippen molar-refractivity contribution in [3.05, 3.63) is 53.3 Å². The van der Waals surface area contributed by atoms with Crippen molar-refractivity contribution in [2.24, 2.45) is 0 Å². The SMILES string of the molecule is CN1CCN(C(=O)c2cnn(Cc3ccccc3)c2C(F)(F)F)CC1. The molecule has 0 saturated carbocycles. The van der Waals surface area contributed by atoms with E-state index in [-0.39, 0.29) is 12.1 Å². The second kappa shape index (κ2) is 6.87. The molecular formula is C17H19F3N4O. The maximum Gasteiger partial charge on any atom is 0.433 e. The number of likely N-dealkylation sites (N-methyl/N-ethyl adjacent to an activating group) is 1. The third kappa shape index (κ3) is 3.84. The molecule has 0 bridgehead atoms. The fraction of sp³-hybridized carbons (Fsp3) is 0.412. The van der Waals surface area contributed by atoms with Crippen LogP contribution in [0.15, 0.2) is 36.5 Å². The number of nitrogens with zero attached hydrogens (tertiary/aromatic N) is 4. The molecule has 0 aliphatic carbocycles. The maximum atomic E-state index is 13.6. The summed E-state index contributed by atoms with van der Waals surface area (Å²) in [5.74, 6) is -0.611. The highest BCUT2D eigenvalue weighted by Crippen LogP contribution is 2.33. The van der Waals surface area contributed by atoms with Crippen molar-refractivity contribution >= 4 is 5.91 Å². The van der Waals surface area contributed by atoms with Crippen LogP contribution in [0, 0.1) is 0 Å². The van der Waals surface area contributed by atoms with Crippen LogP contribution in [-0.2, 0) is 12.7 Å². The normalized spacial score (nSPS) is 16.2. The summed E-state index contributed by atoms with van der Waals surface area (Å²) in [6.45, 7) is 2.08. The summed E-state index contributed by atoms with van der Waals surface area (Å²) in [5.41, 5.74) is -0.678. The lowest BCUT2D eigenvalue weighted by Crippen LogP contribution is -2.47. The minimum absolute atomic E-state index is 0.0360. The summed E-state index contributed by atoms with van der Waals surface area (Å²) in [4.78, 5) is 16.1. The lowest BCUT2D eigenvalue weighted by atomic mass is 10.1. The van der Waals surface area contributed by atoms with Crippen LogP contribution in [-0.4, -0.2) is 58.7 Å². The first kappa shape index (κ1) is 17.5. The summed E-state index contributed by atoms with van der Waals surface area (Å²) in [7, 11) is 1.92. The number of rotatable bonds is 3. The van der Waals surface area contributed by atoms with E-state index in [0.29, 0.717) is 31.7 Å². The molecule has 1 aliphatic rings. The molecule has 1 aromatic heterocycles. The van der Waals surface area contributed by atoms with Gasteiger partial charge < -0.3 is 9.80 Å². The van der Waals surface area contributed by atoms with Crippen molar-refractivity contribution in [2.45, 2.75) is 12.7 Å². The first-order valence-electron chi connectivity index (χ1n) is 8.01. The molecule has 2 aromatic rings. The van der Waals surface area contributed by atoms with E-state index in [4.69, 9.17) is 0 Å². The Morgan fingerprint density at radius 3 is 2.36 bits per heavy atom. The van der Waals surface area contributed by atoms with Crippen molar-refractivity contribution in [3.63, 3.8) is 0 Å². The second-order valence-electron chi connectivity index (χ2n) is 6.14. The zero-order valence-corrected chi connectivity index (χ0v) is 13.8. The van der Waals surface area contributed by atoms with E-state index in [1.807, 2.05) is 11.9 Å². The topological polar surface area (TPSA) is 41.4 Å². The number of aromatic nitrogens is 2. The highest BCUT2D eigenvalue weighted by atomic mass is 19.4. The molecule has 0 unspecified atom stereocenters. The lowest BCUT2D eigenvalue weighted by Gasteiger charge is -2.32. The number of hydrogen-bond donors (Lipinski definition) is 0. The average molecular weight is 352 g/mol. The minimum Gasteiger partial charge on any atom is -0.336 e. The summed E-state index contributed by atoms with van der Waals surface area (Å²) < 4.78 is 41.6. The third-order valence-corrected chi connectivity index (χ3v) is 4.30. The summed E-state index contributed by atoms with van der Waals surface area (Å²) in [6, 6.07) is 8.75. The lowest BCUT2D eigenvalue weighted by molar-refractivity contribution is -0.144. The van der Waals surface area contributed by atoms with Gasteiger partial charge in [0.1, 0.15) is 0 Å². The zero-order chi connectivity index (χ0) is 18.0. The van der Waals surface area contributed by atoms with Gasteiger partial charge in [-0.15, -0.1) is 0 Å². The van der Waals surface area contributed by atoms with Crippen molar-refractivity contribution in [1.82, 2.24) is 19.6 Å². The van der Waals surface area contributed by atoms with Crippen LogP contribution in [0.5, 0.6) is 0 Å². The quantitative estimate of drug-likeness (QED) is 0.851. The largest absolute Gasteiger partial charge is 0.433 e. The number of benzene rings is 1. The molecule has 1 saturated heterocycles. The first-order valence-corrected chi connectivity index (χ1v) is 8.01. The Morgan fingerprint density at radius 2 is 1.76 bits per heavy atom. The molecular weight excluding hydrogens is 333 g/mol. The number of carbonyl (C=O) groups is 1. The van der Waals surface area contributed by atoms with Crippen LogP contribution in [0.25, 0.3) is 0 Å². The maximum absolute atomic E-state index is 13.6. The Kier molecular flexibility index (Phi) is 4.80. The van der Waals surface area contributed by atoms with Crippen LogP contribution in [0.3, 0.4) is 0 Å². The molecule has 0 N–H and O–H groups in total. The van der Waals surface area contributed by atoms with Crippen molar-refractivity contribution < 1.29 is 18.0 Å². The van der Waals surface area contributed by atoms with Gasteiger partial charge in [-0.1, -0.05) is 30.3 Å². The van der Waals surface area contributed by atoms with Gasteiger partial charge in [-0.3, -0.25) is 9.48 Å². The monoisotopic (exact) mass is 352 g/mol. The number of hydrogen-bond acceptors (Lipinski definition) is 3. The zero-order valence-electron chi connectivity index (χ0n) is 13.8. The summed E-state index contributed by atoms with van der Waals surface area (Å²) >= 11 is 0.